The average Bonchev–Trinajstić information content (AvgIpc) is 3.03. The maximum atomic E-state index is 10.8. The molecule has 0 spiro atoms. The van der Waals surface area contributed by atoms with Crippen LogP contribution in [0.5, 0.6) is 0 Å². The number of rotatable bonds is 7. The van der Waals surface area contributed by atoms with Gasteiger partial charge in [0.05, 0.1) is 50.7 Å². The molecular formula is C32H46N6O6Si. The summed E-state index contributed by atoms with van der Waals surface area (Å²) in [6.07, 6.45) is -1.97. The van der Waals surface area contributed by atoms with Gasteiger partial charge in [0.1, 0.15) is 12.2 Å². The van der Waals surface area contributed by atoms with Crippen molar-refractivity contribution in [2.24, 2.45) is 22.1 Å². The second-order valence-corrected chi connectivity index (χ2v) is 17.4. The lowest BCUT2D eigenvalue weighted by Crippen LogP contribution is -2.67. The molecular weight excluding hydrogens is 592 g/mol. The van der Waals surface area contributed by atoms with Crippen molar-refractivity contribution in [2.45, 2.75) is 89.4 Å². The van der Waals surface area contributed by atoms with Crippen LogP contribution in [0.2, 0.25) is 5.04 Å². The highest BCUT2D eigenvalue weighted by Gasteiger charge is 2.51. The highest BCUT2D eigenvalue weighted by atomic mass is 28.4. The van der Waals surface area contributed by atoms with Crippen molar-refractivity contribution in [3.63, 3.8) is 0 Å². The summed E-state index contributed by atoms with van der Waals surface area (Å²) in [5.41, 5.74) is 17.4. The first-order valence-corrected chi connectivity index (χ1v) is 17.5. The fourth-order valence-electron chi connectivity index (χ4n) is 6.44. The fourth-order valence-corrected chi connectivity index (χ4v) is 11.0. The van der Waals surface area contributed by atoms with E-state index < -0.39 is 26.6 Å². The van der Waals surface area contributed by atoms with Gasteiger partial charge in [0, 0.05) is 9.82 Å². The molecule has 3 heterocycles. The zero-order valence-electron chi connectivity index (χ0n) is 27.0. The van der Waals surface area contributed by atoms with E-state index in [9.17, 15) is 5.11 Å². The predicted octanol–water partition coefficient (Wildman–Crippen LogP) is 5.10. The number of hydrogen-bond acceptors (Lipinski definition) is 8. The summed E-state index contributed by atoms with van der Waals surface area (Å²) in [4.78, 5) is 5.79. The van der Waals surface area contributed by atoms with Gasteiger partial charge in [0.15, 0.2) is 6.29 Å². The van der Waals surface area contributed by atoms with Gasteiger partial charge in [0.2, 0.25) is 0 Å². The Labute approximate surface area is 266 Å². The lowest BCUT2D eigenvalue weighted by atomic mass is 9.91. The molecule has 2 aromatic carbocycles. The Kier molecular flexibility index (Phi) is 12.1. The SMILES string of the molecule is CC1COC(CO[Si](c2ccccc2)(c2ccccc2)C(C)(C)C)[C@@H](O)[C@@H]1N=[N+]=[N-].CC1OCC2OCC(C)[C@@H](N=[N+]=[N-])[C@@H]2O1. The first-order chi connectivity index (χ1) is 21.5. The summed E-state index contributed by atoms with van der Waals surface area (Å²) in [6, 6.07) is 20.0. The van der Waals surface area contributed by atoms with Crippen LogP contribution in [0.1, 0.15) is 41.5 Å². The summed E-state index contributed by atoms with van der Waals surface area (Å²) in [5, 5.41) is 20.6. The molecule has 0 amide bonds. The molecule has 3 saturated heterocycles. The van der Waals surface area contributed by atoms with Crippen LogP contribution in [0.15, 0.2) is 70.9 Å². The van der Waals surface area contributed by atoms with Crippen molar-refractivity contribution in [1.82, 2.24) is 0 Å². The molecule has 3 fully saturated rings. The number of benzene rings is 2. The molecule has 2 aromatic rings. The third-order valence-corrected chi connectivity index (χ3v) is 13.8. The Balaban J connectivity index is 0.000000256. The minimum Gasteiger partial charge on any atom is -0.405 e. The molecule has 5 unspecified atom stereocenters. The third kappa shape index (κ3) is 7.89. The molecule has 0 bridgehead atoms. The third-order valence-electron chi connectivity index (χ3n) is 8.84. The van der Waals surface area contributed by atoms with Crippen molar-refractivity contribution >= 4 is 18.7 Å². The second-order valence-electron chi connectivity index (χ2n) is 13.1. The summed E-state index contributed by atoms with van der Waals surface area (Å²) < 4.78 is 29.3. The van der Waals surface area contributed by atoms with Gasteiger partial charge >= 0.3 is 0 Å². The van der Waals surface area contributed by atoms with E-state index in [4.69, 9.17) is 34.4 Å². The van der Waals surface area contributed by atoms with Crippen LogP contribution in [-0.2, 0) is 23.4 Å². The molecule has 0 aliphatic carbocycles. The van der Waals surface area contributed by atoms with Crippen LogP contribution in [-0.4, -0.2) is 82.6 Å². The minimum absolute atomic E-state index is 0.0417. The largest absolute Gasteiger partial charge is 0.405 e. The van der Waals surface area contributed by atoms with E-state index in [0.29, 0.717) is 19.8 Å². The summed E-state index contributed by atoms with van der Waals surface area (Å²) in [7, 11) is -2.71. The van der Waals surface area contributed by atoms with E-state index >= 15 is 0 Å². The van der Waals surface area contributed by atoms with E-state index in [2.05, 4.69) is 65.1 Å². The maximum absolute atomic E-state index is 10.8. The van der Waals surface area contributed by atoms with Crippen molar-refractivity contribution < 1.29 is 28.5 Å². The lowest BCUT2D eigenvalue weighted by Gasteiger charge is -2.45. The van der Waals surface area contributed by atoms with Crippen molar-refractivity contribution in [2.75, 3.05) is 26.4 Å². The zero-order chi connectivity index (χ0) is 32.6. The Bertz CT molecular complexity index is 1280. The monoisotopic (exact) mass is 638 g/mol. The van der Waals surface area contributed by atoms with Crippen LogP contribution in [0.25, 0.3) is 20.9 Å². The van der Waals surface area contributed by atoms with Gasteiger partial charge in [-0.1, -0.05) is 106 Å². The second kappa shape index (κ2) is 15.6. The number of ether oxygens (including phenoxy) is 4. The molecule has 5 rings (SSSR count). The minimum atomic E-state index is -2.71. The van der Waals surface area contributed by atoms with Crippen molar-refractivity contribution in [3.8, 4) is 0 Å². The van der Waals surface area contributed by atoms with Gasteiger partial charge in [0.25, 0.3) is 8.32 Å². The van der Waals surface area contributed by atoms with E-state index in [0.717, 1.165) is 0 Å². The molecule has 1 N–H and O–H groups in total. The number of aliphatic hydroxyl groups excluding tert-OH is 1. The molecule has 12 nitrogen and oxygen atoms in total. The maximum Gasteiger partial charge on any atom is 0.261 e. The van der Waals surface area contributed by atoms with Gasteiger partial charge in [-0.15, -0.1) is 0 Å². The highest BCUT2D eigenvalue weighted by molar-refractivity contribution is 6.99. The van der Waals surface area contributed by atoms with Crippen molar-refractivity contribution in [1.29, 1.82) is 0 Å². The van der Waals surface area contributed by atoms with Gasteiger partial charge in [-0.05, 0) is 45.2 Å². The van der Waals surface area contributed by atoms with Crippen LogP contribution >= 0.6 is 0 Å². The fraction of sp³-hybridized carbons (Fsp3) is 0.625. The first-order valence-electron chi connectivity index (χ1n) is 15.5. The van der Waals surface area contributed by atoms with Gasteiger partial charge in [-0.25, -0.2) is 0 Å². The molecule has 0 radical (unpaired) electrons. The van der Waals surface area contributed by atoms with Crippen LogP contribution in [0.3, 0.4) is 0 Å². The van der Waals surface area contributed by atoms with Gasteiger partial charge < -0.3 is 28.5 Å². The molecule has 9 atom stereocenters. The molecule has 0 aromatic heterocycles. The topological polar surface area (TPSA) is 164 Å². The summed E-state index contributed by atoms with van der Waals surface area (Å²) in [6.45, 7) is 14.1. The molecule has 3 aliphatic heterocycles. The predicted molar refractivity (Wildman–Crippen MR) is 174 cm³/mol. The summed E-state index contributed by atoms with van der Waals surface area (Å²) >= 11 is 0. The van der Waals surface area contributed by atoms with Gasteiger partial charge in [-0.3, -0.25) is 0 Å². The summed E-state index contributed by atoms with van der Waals surface area (Å²) in [5.74, 6) is 0.146. The molecule has 3 aliphatic rings. The highest BCUT2D eigenvalue weighted by Crippen LogP contribution is 2.37. The number of azide groups is 2. The molecule has 45 heavy (non-hydrogen) atoms. The Hall–Kier alpha value is -2.96. The Morgan fingerprint density at radius 2 is 1.36 bits per heavy atom. The normalized spacial score (nSPS) is 31.7. The number of nitrogens with zero attached hydrogens (tertiary/aromatic N) is 6. The van der Waals surface area contributed by atoms with Gasteiger partial charge in [-0.2, -0.15) is 0 Å². The van der Waals surface area contributed by atoms with E-state index in [1.165, 1.54) is 10.4 Å². The number of aliphatic hydroxyl groups is 1. The first kappa shape index (κ1) is 34.9. The van der Waals surface area contributed by atoms with Crippen LogP contribution in [0.4, 0.5) is 0 Å². The Morgan fingerprint density at radius 3 is 1.91 bits per heavy atom. The average molecular weight is 639 g/mol. The number of hydrogen-bond donors (Lipinski definition) is 1. The van der Waals surface area contributed by atoms with E-state index in [1.54, 1.807) is 0 Å². The smallest absolute Gasteiger partial charge is 0.261 e. The number of fused-ring (bicyclic) bond motifs is 1. The van der Waals surface area contributed by atoms with Crippen LogP contribution in [0, 0.1) is 11.8 Å². The van der Waals surface area contributed by atoms with E-state index in [1.807, 2.05) is 57.2 Å². The Morgan fingerprint density at radius 1 is 0.822 bits per heavy atom. The lowest BCUT2D eigenvalue weighted by molar-refractivity contribution is -0.277. The zero-order valence-corrected chi connectivity index (χ0v) is 28.0. The standard InChI is InChI=1S/C23H31N3O3Si.C9H15N3O3/c1-17-15-28-20(22(27)21(17)25-26-24)16-29-30(23(2,3)4,18-11-7-5-8-12-18)19-13-9-6-10-14-19;1-5-3-14-7-4-13-6(2)15-9(7)8(5)11-12-10/h5-14,17,20-22,27H,15-16H2,1-4H3;5-9H,3-4H2,1-2H3/t17?,20?,21-,22-;5?,6?,7?,8-,9-/m11/s1. The van der Waals surface area contributed by atoms with Crippen molar-refractivity contribution in [3.05, 3.63) is 81.5 Å². The van der Waals surface area contributed by atoms with Crippen LogP contribution < -0.4 is 10.4 Å². The van der Waals surface area contributed by atoms with E-state index in [-0.39, 0.29) is 48.0 Å². The molecule has 244 valence electrons. The molecule has 13 heteroatoms. The molecule has 0 saturated carbocycles. The quantitative estimate of drug-likeness (QED) is 0.192.